The number of hydrogen-bond donors (Lipinski definition) is 2. The van der Waals surface area contributed by atoms with E-state index in [1.807, 2.05) is 0 Å². The van der Waals surface area contributed by atoms with Crippen molar-refractivity contribution in [1.29, 1.82) is 0 Å². The zero-order chi connectivity index (χ0) is 13.8. The molecule has 0 radical (unpaired) electrons. The first-order chi connectivity index (χ1) is 9.06. The van der Waals surface area contributed by atoms with Gasteiger partial charge in [0, 0.05) is 22.8 Å². The molecule has 1 fully saturated rings. The maximum Gasteiger partial charge on any atom is 0.336 e. The number of carbonyl (C=O) groups is 1. The van der Waals surface area contributed by atoms with Crippen LogP contribution in [0.4, 0.5) is 4.39 Å². The van der Waals surface area contributed by atoms with E-state index in [0.29, 0.717) is 36.9 Å². The quantitative estimate of drug-likeness (QED) is 0.871. The van der Waals surface area contributed by atoms with Crippen LogP contribution in [0.1, 0.15) is 47.8 Å². The van der Waals surface area contributed by atoms with E-state index in [-0.39, 0.29) is 0 Å². The van der Waals surface area contributed by atoms with Gasteiger partial charge in [0.05, 0.1) is 5.56 Å². The van der Waals surface area contributed by atoms with Gasteiger partial charge in [-0.15, -0.1) is 11.3 Å². The number of aromatic carboxylic acids is 1. The molecule has 106 valence electrons. The summed E-state index contributed by atoms with van der Waals surface area (Å²) in [4.78, 5) is 11.8. The third-order valence-corrected chi connectivity index (χ3v) is 4.84. The first kappa shape index (κ1) is 14.5. The number of carboxylic acid groups (broad SMARTS) is 1. The van der Waals surface area contributed by atoms with Gasteiger partial charge in [0.15, 0.2) is 0 Å². The molecule has 0 amide bonds. The van der Waals surface area contributed by atoms with Crippen LogP contribution in [-0.2, 0) is 6.54 Å². The van der Waals surface area contributed by atoms with Crippen LogP contribution in [0.3, 0.4) is 0 Å². The molecule has 0 aliphatic heterocycles. The van der Waals surface area contributed by atoms with Gasteiger partial charge >= 0.3 is 5.97 Å². The van der Waals surface area contributed by atoms with E-state index in [1.54, 1.807) is 11.4 Å². The van der Waals surface area contributed by atoms with E-state index in [4.69, 9.17) is 5.11 Å². The van der Waals surface area contributed by atoms with Crippen molar-refractivity contribution in [3.63, 3.8) is 0 Å². The monoisotopic (exact) mass is 285 g/mol. The molecule has 1 aliphatic carbocycles. The summed E-state index contributed by atoms with van der Waals surface area (Å²) in [7, 11) is 0. The average molecular weight is 285 g/mol. The van der Waals surface area contributed by atoms with Crippen LogP contribution in [0.2, 0.25) is 0 Å². The molecule has 1 aromatic heterocycles. The summed E-state index contributed by atoms with van der Waals surface area (Å²) >= 11 is 1.46. The van der Waals surface area contributed by atoms with Gasteiger partial charge in [-0.3, -0.25) is 0 Å². The lowest BCUT2D eigenvalue weighted by Gasteiger charge is -2.29. The molecular weight excluding hydrogens is 265 g/mol. The van der Waals surface area contributed by atoms with E-state index >= 15 is 0 Å². The molecule has 5 heteroatoms. The maximum atomic E-state index is 13.1. The summed E-state index contributed by atoms with van der Waals surface area (Å²) in [6.45, 7) is 2.82. The van der Waals surface area contributed by atoms with Crippen molar-refractivity contribution in [2.24, 2.45) is 5.92 Å². The smallest absolute Gasteiger partial charge is 0.336 e. The fourth-order valence-corrected chi connectivity index (χ4v) is 3.40. The van der Waals surface area contributed by atoms with Crippen LogP contribution in [0.5, 0.6) is 0 Å². The predicted octanol–water partition coefficient (Wildman–Crippen LogP) is 3.45. The van der Waals surface area contributed by atoms with Crippen molar-refractivity contribution >= 4 is 17.3 Å². The van der Waals surface area contributed by atoms with Crippen LogP contribution < -0.4 is 5.32 Å². The first-order valence-electron chi connectivity index (χ1n) is 6.74. The number of halogens is 1. The molecule has 0 aromatic carbocycles. The molecule has 1 unspecified atom stereocenters. The molecular formula is C14H20FNO2S. The number of hydrogen-bond acceptors (Lipinski definition) is 3. The molecule has 19 heavy (non-hydrogen) atoms. The molecule has 0 bridgehead atoms. The van der Waals surface area contributed by atoms with E-state index in [9.17, 15) is 9.18 Å². The Labute approximate surface area is 116 Å². The molecule has 3 nitrogen and oxygen atoms in total. The van der Waals surface area contributed by atoms with Gasteiger partial charge in [0.2, 0.25) is 0 Å². The van der Waals surface area contributed by atoms with Gasteiger partial charge in [0.25, 0.3) is 0 Å². The highest BCUT2D eigenvalue weighted by atomic mass is 32.1. The highest BCUT2D eigenvalue weighted by Gasteiger charge is 2.24. The number of alkyl halides is 1. The van der Waals surface area contributed by atoms with Crippen molar-refractivity contribution in [1.82, 2.24) is 5.32 Å². The number of carboxylic acids is 1. The zero-order valence-corrected chi connectivity index (χ0v) is 11.9. The number of thiophene rings is 1. The topological polar surface area (TPSA) is 49.3 Å². The van der Waals surface area contributed by atoms with E-state index in [1.165, 1.54) is 11.3 Å². The van der Waals surface area contributed by atoms with E-state index in [2.05, 4.69) is 12.2 Å². The summed E-state index contributed by atoms with van der Waals surface area (Å²) in [5, 5.41) is 14.0. The molecule has 1 saturated carbocycles. The van der Waals surface area contributed by atoms with E-state index in [0.717, 1.165) is 17.7 Å². The fraction of sp³-hybridized carbons (Fsp3) is 0.643. The second kappa shape index (κ2) is 6.48. The molecule has 1 aliphatic rings. The number of nitrogens with one attached hydrogen (secondary N) is 1. The standard InChI is InChI=1S/C14H20FNO2S/c1-9(10-2-4-12(15)5-3-10)16-7-13-6-11(8-19-13)14(17)18/h6,8-10,12,16H,2-5,7H2,1H3,(H,17,18). The third-order valence-electron chi connectivity index (χ3n) is 3.91. The SMILES string of the molecule is CC(NCc1cc(C(=O)O)cs1)C1CCC(F)CC1. The minimum atomic E-state index is -0.878. The van der Waals surface area contributed by atoms with Crippen molar-refractivity contribution in [3.05, 3.63) is 21.9 Å². The largest absolute Gasteiger partial charge is 0.478 e. The Morgan fingerprint density at radius 2 is 2.21 bits per heavy atom. The summed E-state index contributed by atoms with van der Waals surface area (Å²) < 4.78 is 13.1. The lowest BCUT2D eigenvalue weighted by molar-refractivity contribution is 0.0697. The molecule has 2 N–H and O–H groups in total. The highest BCUT2D eigenvalue weighted by Crippen LogP contribution is 2.28. The van der Waals surface area contributed by atoms with Crippen LogP contribution >= 0.6 is 11.3 Å². The van der Waals surface area contributed by atoms with Crippen LogP contribution in [-0.4, -0.2) is 23.3 Å². The lowest BCUT2D eigenvalue weighted by atomic mass is 9.84. The van der Waals surface area contributed by atoms with Gasteiger partial charge in [0.1, 0.15) is 6.17 Å². The minimum absolute atomic E-state index is 0.350. The third kappa shape index (κ3) is 4.01. The summed E-state index contributed by atoms with van der Waals surface area (Å²) in [6.07, 6.45) is 2.64. The predicted molar refractivity (Wildman–Crippen MR) is 74.4 cm³/mol. The lowest BCUT2D eigenvalue weighted by Crippen LogP contribution is -2.35. The van der Waals surface area contributed by atoms with Gasteiger partial charge < -0.3 is 10.4 Å². The Bertz CT molecular complexity index is 427. The van der Waals surface area contributed by atoms with Crippen LogP contribution in [0.15, 0.2) is 11.4 Å². The van der Waals surface area contributed by atoms with Gasteiger partial charge in [-0.1, -0.05) is 0 Å². The first-order valence-corrected chi connectivity index (χ1v) is 7.62. The Kier molecular flexibility index (Phi) is 4.93. The van der Waals surface area contributed by atoms with Gasteiger partial charge in [-0.25, -0.2) is 9.18 Å². The molecule has 0 saturated heterocycles. The maximum absolute atomic E-state index is 13.1. The molecule has 0 spiro atoms. The van der Waals surface area contributed by atoms with E-state index < -0.39 is 12.1 Å². The Balaban J connectivity index is 1.79. The Morgan fingerprint density at radius 1 is 1.53 bits per heavy atom. The molecule has 1 heterocycles. The molecule has 2 rings (SSSR count). The number of rotatable bonds is 5. The van der Waals surface area contributed by atoms with Crippen molar-refractivity contribution < 1.29 is 14.3 Å². The van der Waals surface area contributed by atoms with Crippen molar-refractivity contribution in [3.8, 4) is 0 Å². The minimum Gasteiger partial charge on any atom is -0.478 e. The second-order valence-electron chi connectivity index (χ2n) is 5.29. The van der Waals surface area contributed by atoms with Crippen molar-refractivity contribution in [2.75, 3.05) is 0 Å². The van der Waals surface area contributed by atoms with Gasteiger partial charge in [-0.05, 0) is 44.6 Å². The van der Waals surface area contributed by atoms with Crippen LogP contribution in [0.25, 0.3) is 0 Å². The van der Waals surface area contributed by atoms with Crippen LogP contribution in [0, 0.1) is 5.92 Å². The summed E-state index contributed by atoms with van der Waals surface area (Å²) in [6, 6.07) is 2.06. The Hall–Kier alpha value is -0.940. The fourth-order valence-electron chi connectivity index (χ4n) is 2.59. The van der Waals surface area contributed by atoms with Gasteiger partial charge in [-0.2, -0.15) is 0 Å². The van der Waals surface area contributed by atoms with Crippen molar-refractivity contribution in [2.45, 2.75) is 51.4 Å². The highest BCUT2D eigenvalue weighted by molar-refractivity contribution is 7.10. The zero-order valence-electron chi connectivity index (χ0n) is 11.1. The Morgan fingerprint density at radius 3 is 2.79 bits per heavy atom. The average Bonchev–Trinajstić information content (AvgIpc) is 2.86. The second-order valence-corrected chi connectivity index (χ2v) is 6.28. The summed E-state index contributed by atoms with van der Waals surface area (Å²) in [5.74, 6) is -0.345. The molecule has 1 aromatic rings. The summed E-state index contributed by atoms with van der Waals surface area (Å²) in [5.41, 5.74) is 0.354. The normalized spacial score (nSPS) is 25.2. The molecule has 1 atom stereocenters.